The standard InChI is InChI=1S/C18H22N2O5/c21-15(12-3-4-12)19-7-5-18(6-8-19)10-13(17(23)24)20(11-18)16(22)14-2-1-9-25-14/h1-2,9,12-13H,3-8,10-11H2,(H,23,24). The van der Waals surface area contributed by atoms with Gasteiger partial charge in [-0.3, -0.25) is 9.59 Å². The average Bonchev–Trinajstić information content (AvgIpc) is 3.17. The molecule has 3 heterocycles. The van der Waals surface area contributed by atoms with Crippen LogP contribution in [0, 0.1) is 11.3 Å². The number of furan rings is 1. The Bertz CT molecular complexity index is 686. The second kappa shape index (κ2) is 5.89. The minimum absolute atomic E-state index is 0.171. The monoisotopic (exact) mass is 346 g/mol. The molecule has 0 radical (unpaired) electrons. The number of carboxylic acids is 1. The van der Waals surface area contributed by atoms with Crippen LogP contribution in [0.3, 0.4) is 0 Å². The number of nitrogens with zero attached hydrogens (tertiary/aromatic N) is 2. The van der Waals surface area contributed by atoms with Gasteiger partial charge in [-0.2, -0.15) is 0 Å². The van der Waals surface area contributed by atoms with Gasteiger partial charge >= 0.3 is 5.97 Å². The fourth-order valence-corrected chi connectivity index (χ4v) is 4.18. The molecule has 7 heteroatoms. The van der Waals surface area contributed by atoms with Gasteiger partial charge in [0.1, 0.15) is 6.04 Å². The van der Waals surface area contributed by atoms with E-state index < -0.39 is 12.0 Å². The zero-order chi connectivity index (χ0) is 17.6. The Hall–Kier alpha value is -2.31. The van der Waals surface area contributed by atoms with E-state index in [1.807, 2.05) is 4.90 Å². The average molecular weight is 346 g/mol. The summed E-state index contributed by atoms with van der Waals surface area (Å²) in [5.74, 6) is -0.726. The fraction of sp³-hybridized carbons (Fsp3) is 0.611. The molecular formula is C18H22N2O5. The van der Waals surface area contributed by atoms with Crippen LogP contribution in [-0.4, -0.2) is 58.4 Å². The lowest BCUT2D eigenvalue weighted by Crippen LogP contribution is -2.45. The van der Waals surface area contributed by atoms with E-state index in [0.717, 1.165) is 25.7 Å². The maximum atomic E-state index is 12.6. The number of piperidine rings is 1. The number of aliphatic carboxylic acids is 1. The van der Waals surface area contributed by atoms with Crippen LogP contribution < -0.4 is 0 Å². The van der Waals surface area contributed by atoms with Crippen LogP contribution in [0.5, 0.6) is 0 Å². The molecule has 4 rings (SSSR count). The van der Waals surface area contributed by atoms with Crippen LogP contribution in [0.4, 0.5) is 0 Å². The second-order valence-electron chi connectivity index (χ2n) is 7.57. The van der Waals surface area contributed by atoms with Crippen LogP contribution in [0.15, 0.2) is 22.8 Å². The Labute approximate surface area is 145 Å². The Morgan fingerprint density at radius 2 is 1.92 bits per heavy atom. The first kappa shape index (κ1) is 16.2. The highest BCUT2D eigenvalue weighted by Gasteiger charge is 2.51. The second-order valence-corrected chi connectivity index (χ2v) is 7.57. The van der Waals surface area contributed by atoms with Crippen molar-refractivity contribution in [2.45, 2.75) is 38.1 Å². The van der Waals surface area contributed by atoms with Crippen molar-refractivity contribution in [1.82, 2.24) is 9.80 Å². The van der Waals surface area contributed by atoms with Gasteiger partial charge in [-0.1, -0.05) is 0 Å². The Balaban J connectivity index is 1.47. The van der Waals surface area contributed by atoms with Crippen molar-refractivity contribution in [3.63, 3.8) is 0 Å². The maximum absolute atomic E-state index is 12.6. The van der Waals surface area contributed by atoms with Crippen molar-refractivity contribution in [3.05, 3.63) is 24.2 Å². The number of carbonyl (C=O) groups excluding carboxylic acids is 2. The van der Waals surface area contributed by atoms with E-state index in [4.69, 9.17) is 4.42 Å². The molecule has 3 fully saturated rings. The molecule has 1 aliphatic carbocycles. The Morgan fingerprint density at radius 3 is 2.48 bits per heavy atom. The quantitative estimate of drug-likeness (QED) is 0.898. The van der Waals surface area contributed by atoms with Gasteiger partial charge in [0, 0.05) is 25.6 Å². The fourth-order valence-electron chi connectivity index (χ4n) is 4.18. The van der Waals surface area contributed by atoms with E-state index >= 15 is 0 Å². The summed E-state index contributed by atoms with van der Waals surface area (Å²) in [5.41, 5.74) is -0.217. The van der Waals surface area contributed by atoms with Gasteiger partial charge in [-0.15, -0.1) is 0 Å². The summed E-state index contributed by atoms with van der Waals surface area (Å²) in [6.07, 6.45) is 5.34. The van der Waals surface area contributed by atoms with Gasteiger partial charge in [0.05, 0.1) is 6.26 Å². The lowest BCUT2D eigenvalue weighted by Gasteiger charge is -2.39. The first-order valence-corrected chi connectivity index (χ1v) is 8.85. The van der Waals surface area contributed by atoms with Crippen molar-refractivity contribution in [1.29, 1.82) is 0 Å². The highest BCUT2D eigenvalue weighted by Crippen LogP contribution is 2.44. The summed E-state index contributed by atoms with van der Waals surface area (Å²) < 4.78 is 5.16. The molecule has 1 aromatic heterocycles. The first-order valence-electron chi connectivity index (χ1n) is 8.85. The number of carbonyl (C=O) groups is 3. The minimum atomic E-state index is -0.978. The molecule has 0 bridgehead atoms. The third-order valence-electron chi connectivity index (χ3n) is 5.85. The lowest BCUT2D eigenvalue weighted by atomic mass is 9.76. The van der Waals surface area contributed by atoms with Crippen molar-refractivity contribution in [2.75, 3.05) is 19.6 Å². The molecule has 3 aliphatic rings. The summed E-state index contributed by atoms with van der Waals surface area (Å²) in [7, 11) is 0. The van der Waals surface area contributed by atoms with Gasteiger partial charge in [0.15, 0.2) is 5.76 Å². The summed E-state index contributed by atoms with van der Waals surface area (Å²) in [6.45, 7) is 1.73. The van der Waals surface area contributed by atoms with Crippen molar-refractivity contribution < 1.29 is 23.9 Å². The molecule has 1 unspecified atom stereocenters. The van der Waals surface area contributed by atoms with Crippen molar-refractivity contribution in [3.8, 4) is 0 Å². The predicted molar refractivity (Wildman–Crippen MR) is 86.8 cm³/mol. The zero-order valence-electron chi connectivity index (χ0n) is 14.0. The van der Waals surface area contributed by atoms with Crippen LogP contribution in [0.25, 0.3) is 0 Å². The van der Waals surface area contributed by atoms with Crippen molar-refractivity contribution in [2.24, 2.45) is 11.3 Å². The molecule has 1 saturated carbocycles. The van der Waals surface area contributed by atoms with Gasteiger partial charge < -0.3 is 19.3 Å². The molecule has 2 saturated heterocycles. The van der Waals surface area contributed by atoms with Crippen LogP contribution in [0.1, 0.15) is 42.7 Å². The van der Waals surface area contributed by atoms with E-state index in [2.05, 4.69) is 0 Å². The number of hydrogen-bond donors (Lipinski definition) is 1. The van der Waals surface area contributed by atoms with Gasteiger partial charge in [0.25, 0.3) is 5.91 Å². The number of amides is 2. The lowest BCUT2D eigenvalue weighted by molar-refractivity contribution is -0.141. The highest BCUT2D eigenvalue weighted by atomic mass is 16.4. The molecule has 7 nitrogen and oxygen atoms in total. The van der Waals surface area contributed by atoms with Gasteiger partial charge in [0.2, 0.25) is 5.91 Å². The topological polar surface area (TPSA) is 91.1 Å². The zero-order valence-corrected chi connectivity index (χ0v) is 14.0. The molecule has 1 atom stereocenters. The Kier molecular flexibility index (Phi) is 3.81. The number of hydrogen-bond acceptors (Lipinski definition) is 4. The summed E-state index contributed by atoms with van der Waals surface area (Å²) in [6, 6.07) is 2.35. The van der Waals surface area contributed by atoms with E-state index in [1.54, 1.807) is 12.1 Å². The summed E-state index contributed by atoms with van der Waals surface area (Å²) >= 11 is 0. The largest absolute Gasteiger partial charge is 0.480 e. The number of carboxylic acid groups (broad SMARTS) is 1. The predicted octanol–water partition coefficient (Wildman–Crippen LogP) is 1.60. The van der Waals surface area contributed by atoms with E-state index in [-0.39, 0.29) is 28.9 Å². The van der Waals surface area contributed by atoms with Gasteiger partial charge in [-0.25, -0.2) is 4.79 Å². The Morgan fingerprint density at radius 1 is 1.20 bits per heavy atom. The minimum Gasteiger partial charge on any atom is -0.480 e. The van der Waals surface area contributed by atoms with Crippen LogP contribution in [-0.2, 0) is 9.59 Å². The molecule has 1 spiro atoms. The third kappa shape index (κ3) is 2.92. The van der Waals surface area contributed by atoms with Crippen LogP contribution >= 0.6 is 0 Å². The molecule has 134 valence electrons. The van der Waals surface area contributed by atoms with Crippen LogP contribution in [0.2, 0.25) is 0 Å². The molecule has 2 amide bonds. The van der Waals surface area contributed by atoms with E-state index in [0.29, 0.717) is 26.1 Å². The maximum Gasteiger partial charge on any atom is 0.326 e. The molecule has 25 heavy (non-hydrogen) atoms. The number of rotatable bonds is 3. The summed E-state index contributed by atoms with van der Waals surface area (Å²) in [4.78, 5) is 39.9. The molecular weight excluding hydrogens is 324 g/mol. The van der Waals surface area contributed by atoms with E-state index in [1.165, 1.54) is 11.2 Å². The van der Waals surface area contributed by atoms with E-state index in [9.17, 15) is 19.5 Å². The SMILES string of the molecule is O=C(O)C1CC2(CCN(C(=O)C3CC3)CC2)CN1C(=O)c1ccco1. The van der Waals surface area contributed by atoms with Crippen molar-refractivity contribution >= 4 is 17.8 Å². The number of likely N-dealkylation sites (tertiary alicyclic amines) is 2. The smallest absolute Gasteiger partial charge is 0.326 e. The molecule has 1 aromatic rings. The highest BCUT2D eigenvalue weighted by molar-refractivity contribution is 5.94. The molecule has 0 aromatic carbocycles. The third-order valence-corrected chi connectivity index (χ3v) is 5.85. The van der Waals surface area contributed by atoms with Gasteiger partial charge in [-0.05, 0) is 49.7 Å². The molecule has 1 N–H and O–H groups in total. The normalized spacial score (nSPS) is 25.4. The summed E-state index contributed by atoms with van der Waals surface area (Å²) in [5, 5.41) is 9.58. The molecule has 2 aliphatic heterocycles. The first-order chi connectivity index (χ1) is 12.0.